The number of ketones is 1. The molecule has 8 nitrogen and oxygen atoms in total. The number of amides is 1. The van der Waals surface area contributed by atoms with Crippen LogP contribution in [-0.4, -0.2) is 77.3 Å². The minimum atomic E-state index is -0.238. The van der Waals surface area contributed by atoms with E-state index in [1.54, 1.807) is 24.4 Å². The Labute approximate surface area is 176 Å². The number of nitrogens with zero attached hydrogens (tertiary/aromatic N) is 5. The molecular weight excluding hydrogens is 380 g/mol. The van der Waals surface area contributed by atoms with Crippen molar-refractivity contribution in [3.05, 3.63) is 47.8 Å². The van der Waals surface area contributed by atoms with Crippen molar-refractivity contribution in [2.24, 2.45) is 0 Å². The number of carbonyl (C=O) groups excluding carboxylic acids is 2. The van der Waals surface area contributed by atoms with Crippen LogP contribution in [0.25, 0.3) is 0 Å². The first-order valence-electron chi connectivity index (χ1n) is 10.5. The predicted molar refractivity (Wildman–Crippen MR) is 115 cm³/mol. The Bertz CT molecular complexity index is 933. The molecule has 2 aliphatic heterocycles. The first-order chi connectivity index (χ1) is 14.5. The second-order valence-corrected chi connectivity index (χ2v) is 7.95. The SMILES string of the molecule is CN1CCCC1C(=O)N1CCCN(c2cccc(C(=O)c3cccnc3N)n2)CC1. The summed E-state index contributed by atoms with van der Waals surface area (Å²) in [5.74, 6) is 0.949. The number of rotatable bonds is 4. The largest absolute Gasteiger partial charge is 0.383 e. The first-order valence-corrected chi connectivity index (χ1v) is 10.5. The average molecular weight is 409 g/mol. The summed E-state index contributed by atoms with van der Waals surface area (Å²) < 4.78 is 0. The van der Waals surface area contributed by atoms with Crippen LogP contribution in [-0.2, 0) is 4.79 Å². The van der Waals surface area contributed by atoms with Gasteiger partial charge in [-0.2, -0.15) is 0 Å². The normalized spacial score (nSPS) is 20.2. The Hall–Kier alpha value is -3.00. The van der Waals surface area contributed by atoms with Crippen molar-refractivity contribution in [1.82, 2.24) is 19.8 Å². The van der Waals surface area contributed by atoms with E-state index < -0.39 is 0 Å². The van der Waals surface area contributed by atoms with Gasteiger partial charge in [0.2, 0.25) is 11.7 Å². The third-order valence-corrected chi connectivity index (χ3v) is 5.99. The van der Waals surface area contributed by atoms with Crippen molar-refractivity contribution < 1.29 is 9.59 Å². The summed E-state index contributed by atoms with van der Waals surface area (Å²) in [5, 5.41) is 0. The smallest absolute Gasteiger partial charge is 0.239 e. The maximum atomic E-state index is 12.9. The number of likely N-dealkylation sites (N-methyl/N-ethyl adjacent to an activating group) is 1. The summed E-state index contributed by atoms with van der Waals surface area (Å²) in [5.41, 5.74) is 6.56. The molecule has 0 aliphatic carbocycles. The fraction of sp³-hybridized carbons (Fsp3) is 0.455. The van der Waals surface area contributed by atoms with Crippen LogP contribution >= 0.6 is 0 Å². The van der Waals surface area contributed by atoms with Gasteiger partial charge in [0.15, 0.2) is 0 Å². The zero-order chi connectivity index (χ0) is 21.1. The van der Waals surface area contributed by atoms with Crippen LogP contribution in [0.3, 0.4) is 0 Å². The van der Waals surface area contributed by atoms with Gasteiger partial charge < -0.3 is 15.5 Å². The lowest BCUT2D eigenvalue weighted by Crippen LogP contribution is -2.45. The molecule has 0 aromatic carbocycles. The quantitative estimate of drug-likeness (QED) is 0.765. The predicted octanol–water partition coefficient (Wildman–Crippen LogP) is 1.42. The molecule has 30 heavy (non-hydrogen) atoms. The van der Waals surface area contributed by atoms with Crippen LogP contribution in [0.4, 0.5) is 11.6 Å². The van der Waals surface area contributed by atoms with Crippen LogP contribution in [0.15, 0.2) is 36.5 Å². The highest BCUT2D eigenvalue weighted by Gasteiger charge is 2.32. The lowest BCUT2D eigenvalue weighted by atomic mass is 10.1. The molecule has 0 spiro atoms. The van der Waals surface area contributed by atoms with Gasteiger partial charge in [-0.15, -0.1) is 0 Å². The summed E-state index contributed by atoms with van der Waals surface area (Å²) in [6.45, 7) is 3.90. The Morgan fingerprint density at radius 3 is 2.67 bits per heavy atom. The fourth-order valence-electron chi connectivity index (χ4n) is 4.27. The van der Waals surface area contributed by atoms with Gasteiger partial charge in [0.25, 0.3) is 0 Å². The number of nitrogens with two attached hydrogens (primary N) is 1. The molecule has 2 aliphatic rings. The molecule has 0 saturated carbocycles. The van der Waals surface area contributed by atoms with Gasteiger partial charge in [-0.1, -0.05) is 6.07 Å². The van der Waals surface area contributed by atoms with Crippen molar-refractivity contribution in [1.29, 1.82) is 0 Å². The molecule has 4 heterocycles. The van der Waals surface area contributed by atoms with Gasteiger partial charge in [-0.25, -0.2) is 9.97 Å². The minimum Gasteiger partial charge on any atom is -0.383 e. The number of aromatic nitrogens is 2. The number of hydrogen-bond donors (Lipinski definition) is 1. The summed E-state index contributed by atoms with van der Waals surface area (Å²) >= 11 is 0. The van der Waals surface area contributed by atoms with E-state index in [4.69, 9.17) is 5.73 Å². The van der Waals surface area contributed by atoms with E-state index in [1.165, 1.54) is 0 Å². The van der Waals surface area contributed by atoms with Gasteiger partial charge in [-0.05, 0) is 57.1 Å². The summed E-state index contributed by atoms with van der Waals surface area (Å²) in [6, 6.07) is 8.81. The zero-order valence-corrected chi connectivity index (χ0v) is 17.3. The molecule has 8 heteroatoms. The van der Waals surface area contributed by atoms with E-state index in [-0.39, 0.29) is 23.6 Å². The second-order valence-electron chi connectivity index (χ2n) is 7.95. The topological polar surface area (TPSA) is 95.7 Å². The summed E-state index contributed by atoms with van der Waals surface area (Å²) in [6.07, 6.45) is 4.46. The zero-order valence-electron chi connectivity index (χ0n) is 17.3. The molecular formula is C22H28N6O2. The monoisotopic (exact) mass is 408 g/mol. The van der Waals surface area contributed by atoms with E-state index >= 15 is 0 Å². The van der Waals surface area contributed by atoms with Crippen LogP contribution < -0.4 is 10.6 Å². The number of nitrogen functional groups attached to an aromatic ring is 1. The molecule has 2 aromatic heterocycles. The van der Waals surface area contributed by atoms with Gasteiger partial charge in [0, 0.05) is 32.4 Å². The van der Waals surface area contributed by atoms with Crippen molar-refractivity contribution in [3.63, 3.8) is 0 Å². The molecule has 2 fully saturated rings. The highest BCUT2D eigenvalue weighted by atomic mass is 16.2. The Kier molecular flexibility index (Phi) is 5.94. The van der Waals surface area contributed by atoms with Crippen molar-refractivity contribution >= 4 is 23.3 Å². The van der Waals surface area contributed by atoms with Crippen LogP contribution in [0, 0.1) is 0 Å². The first kappa shape index (κ1) is 20.3. The summed E-state index contributed by atoms with van der Waals surface area (Å²) in [7, 11) is 2.03. The molecule has 2 N–H and O–H groups in total. The number of likely N-dealkylation sites (tertiary alicyclic amines) is 1. The maximum absolute atomic E-state index is 12.9. The summed E-state index contributed by atoms with van der Waals surface area (Å²) in [4.78, 5) is 40.6. The van der Waals surface area contributed by atoms with Crippen LogP contribution in [0.2, 0.25) is 0 Å². The van der Waals surface area contributed by atoms with Gasteiger partial charge in [-0.3, -0.25) is 14.5 Å². The lowest BCUT2D eigenvalue weighted by molar-refractivity contribution is -0.135. The second kappa shape index (κ2) is 8.79. The number of carbonyl (C=O) groups is 2. The minimum absolute atomic E-state index is 0.0144. The maximum Gasteiger partial charge on any atom is 0.239 e. The molecule has 1 amide bonds. The van der Waals surface area contributed by atoms with Crippen LogP contribution in [0.1, 0.15) is 35.3 Å². The Morgan fingerprint density at radius 2 is 1.90 bits per heavy atom. The molecule has 158 valence electrons. The Morgan fingerprint density at radius 1 is 1.03 bits per heavy atom. The number of hydrogen-bond acceptors (Lipinski definition) is 7. The molecule has 1 atom stereocenters. The van der Waals surface area contributed by atoms with Crippen molar-refractivity contribution in [2.45, 2.75) is 25.3 Å². The van der Waals surface area contributed by atoms with E-state index in [1.807, 2.05) is 24.1 Å². The van der Waals surface area contributed by atoms with Gasteiger partial charge in [0.1, 0.15) is 17.3 Å². The standard InChI is InChI=1S/C22H28N6O2/c1-26-11-4-8-18(26)22(30)28-13-5-12-27(14-15-28)19-9-2-7-17(25-19)20(29)16-6-3-10-24-21(16)23/h2-3,6-7,9-10,18H,4-5,8,11-15H2,1H3,(H2,23,24). The highest BCUT2D eigenvalue weighted by Crippen LogP contribution is 2.21. The molecule has 2 aromatic rings. The molecule has 0 bridgehead atoms. The van der Waals surface area contributed by atoms with Gasteiger partial charge >= 0.3 is 0 Å². The van der Waals surface area contributed by atoms with Crippen LogP contribution in [0.5, 0.6) is 0 Å². The fourth-order valence-corrected chi connectivity index (χ4v) is 4.27. The number of anilines is 2. The molecule has 2 saturated heterocycles. The average Bonchev–Trinajstić information content (AvgIpc) is 3.04. The third-order valence-electron chi connectivity index (χ3n) is 5.99. The Balaban J connectivity index is 1.46. The van der Waals surface area contributed by atoms with E-state index in [0.717, 1.165) is 44.7 Å². The van der Waals surface area contributed by atoms with Gasteiger partial charge in [0.05, 0.1) is 11.6 Å². The molecule has 1 unspecified atom stereocenters. The van der Waals surface area contributed by atoms with E-state index in [2.05, 4.69) is 19.8 Å². The van der Waals surface area contributed by atoms with Crippen molar-refractivity contribution in [3.8, 4) is 0 Å². The molecule has 4 rings (SSSR count). The number of pyridine rings is 2. The van der Waals surface area contributed by atoms with E-state index in [9.17, 15) is 9.59 Å². The lowest BCUT2D eigenvalue weighted by Gasteiger charge is -2.27. The van der Waals surface area contributed by atoms with Crippen molar-refractivity contribution in [2.75, 3.05) is 50.4 Å². The third kappa shape index (κ3) is 4.14. The molecule has 0 radical (unpaired) electrons. The van der Waals surface area contributed by atoms with E-state index in [0.29, 0.717) is 24.3 Å². The highest BCUT2D eigenvalue weighted by molar-refractivity contribution is 6.10.